The second kappa shape index (κ2) is 11.9. The predicted molar refractivity (Wildman–Crippen MR) is 137 cm³/mol. The van der Waals surface area contributed by atoms with Crippen molar-refractivity contribution in [3.63, 3.8) is 0 Å². The van der Waals surface area contributed by atoms with Gasteiger partial charge in [0.05, 0.1) is 37.9 Å². The number of likely N-dealkylation sites (N-methyl/N-ethyl adjacent to an activating group) is 1. The van der Waals surface area contributed by atoms with E-state index in [4.69, 9.17) is 9.47 Å². The third-order valence-electron chi connectivity index (χ3n) is 5.49. The number of amides is 1. The molecule has 0 saturated heterocycles. The summed E-state index contributed by atoms with van der Waals surface area (Å²) in [5.41, 5.74) is 1.38. The fourth-order valence-electron chi connectivity index (χ4n) is 3.56. The molecule has 0 aliphatic carbocycles. The fraction of sp³-hybridized carbons (Fsp3) is 0.480. The molecule has 0 aliphatic rings. The van der Waals surface area contributed by atoms with Crippen LogP contribution in [-0.2, 0) is 16.1 Å². The Kier molecular flexibility index (Phi) is 8.94. The molecule has 3 aromatic rings. The van der Waals surface area contributed by atoms with Crippen LogP contribution in [0.15, 0.2) is 35.4 Å². The summed E-state index contributed by atoms with van der Waals surface area (Å²) in [7, 11) is 3.17. The van der Waals surface area contributed by atoms with Crippen molar-refractivity contribution in [1.29, 1.82) is 0 Å². The van der Waals surface area contributed by atoms with Crippen molar-refractivity contribution in [3.8, 4) is 17.0 Å². The Labute approximate surface area is 210 Å². The molecule has 2 N–H and O–H groups in total. The molecular formula is C25H34N6O5. The second-order valence-electron chi connectivity index (χ2n) is 9.11. The second-order valence-corrected chi connectivity index (χ2v) is 9.11. The highest BCUT2D eigenvalue weighted by atomic mass is 16.5. The van der Waals surface area contributed by atoms with E-state index in [2.05, 4.69) is 20.3 Å². The molecule has 1 amide bonds. The van der Waals surface area contributed by atoms with Crippen LogP contribution in [0.3, 0.4) is 0 Å². The quantitative estimate of drug-likeness (QED) is 0.358. The first-order valence-electron chi connectivity index (χ1n) is 11.8. The lowest BCUT2D eigenvalue weighted by molar-refractivity contribution is -0.121. The zero-order valence-electron chi connectivity index (χ0n) is 21.4. The van der Waals surface area contributed by atoms with E-state index in [1.165, 1.54) is 4.90 Å². The zero-order valence-corrected chi connectivity index (χ0v) is 21.4. The van der Waals surface area contributed by atoms with Crippen molar-refractivity contribution < 1.29 is 19.4 Å². The van der Waals surface area contributed by atoms with E-state index in [0.29, 0.717) is 36.8 Å². The van der Waals surface area contributed by atoms with E-state index in [9.17, 15) is 14.7 Å². The van der Waals surface area contributed by atoms with E-state index in [1.807, 2.05) is 19.1 Å². The summed E-state index contributed by atoms with van der Waals surface area (Å²) < 4.78 is 12.3. The number of pyridine rings is 2. The van der Waals surface area contributed by atoms with Crippen LogP contribution < -0.4 is 20.5 Å². The average Bonchev–Trinajstić information content (AvgIpc) is 2.86. The van der Waals surface area contributed by atoms with Gasteiger partial charge in [0.2, 0.25) is 11.8 Å². The summed E-state index contributed by atoms with van der Waals surface area (Å²) in [6.45, 7) is 6.35. The molecule has 3 rings (SSSR count). The van der Waals surface area contributed by atoms with Gasteiger partial charge in [-0.3, -0.25) is 14.2 Å². The number of rotatable bonds is 12. The Hall–Kier alpha value is -3.57. The Balaban J connectivity index is 2.00. The lowest BCUT2D eigenvalue weighted by atomic mass is 10.1. The van der Waals surface area contributed by atoms with Gasteiger partial charge in [-0.2, -0.15) is 0 Å². The molecule has 0 atom stereocenters. The number of anilines is 1. The molecular weight excluding hydrogens is 464 g/mol. The number of aliphatic hydroxyl groups is 1. The summed E-state index contributed by atoms with van der Waals surface area (Å²) in [5.74, 6) is 0.255. The van der Waals surface area contributed by atoms with Crippen molar-refractivity contribution >= 4 is 22.9 Å². The summed E-state index contributed by atoms with van der Waals surface area (Å²) in [6, 6.07) is 5.47. The molecule has 0 aromatic carbocycles. The summed E-state index contributed by atoms with van der Waals surface area (Å²) in [4.78, 5) is 40.7. The Bertz CT molecular complexity index is 1240. The van der Waals surface area contributed by atoms with E-state index >= 15 is 0 Å². The van der Waals surface area contributed by atoms with Crippen LogP contribution >= 0.6 is 0 Å². The number of hydrogen-bond acceptors (Lipinski definition) is 9. The van der Waals surface area contributed by atoms with Gasteiger partial charge in [-0.1, -0.05) is 6.92 Å². The normalized spacial score (nSPS) is 11.5. The van der Waals surface area contributed by atoms with Gasteiger partial charge in [0, 0.05) is 49.8 Å². The Morgan fingerprint density at radius 3 is 2.58 bits per heavy atom. The van der Waals surface area contributed by atoms with Crippen molar-refractivity contribution in [2.24, 2.45) is 0 Å². The van der Waals surface area contributed by atoms with Crippen LogP contribution in [0.1, 0.15) is 27.2 Å². The van der Waals surface area contributed by atoms with Crippen molar-refractivity contribution in [2.75, 3.05) is 45.4 Å². The molecule has 0 unspecified atom stereocenters. The largest absolute Gasteiger partial charge is 0.481 e. The maximum Gasteiger partial charge on any atom is 0.294 e. The van der Waals surface area contributed by atoms with Gasteiger partial charge >= 0.3 is 0 Å². The van der Waals surface area contributed by atoms with Crippen LogP contribution in [-0.4, -0.2) is 76.6 Å². The number of aromatic nitrogens is 4. The first-order valence-corrected chi connectivity index (χ1v) is 11.8. The van der Waals surface area contributed by atoms with Crippen molar-refractivity contribution in [2.45, 2.75) is 39.3 Å². The standard InChI is InChI=1S/C25H34N6O5/c1-6-10-36-11-9-31-19-12-18(17-7-8-21(35-5)26-13-17)14-27-22(19)28-23(24(31)34)30(4)15-20(33)29-25(2,3)16-32/h7-8,12-14,32H,6,9-11,15-16H2,1-5H3,(H,29,33). The molecule has 0 bridgehead atoms. The molecule has 3 aromatic heterocycles. The third kappa shape index (κ3) is 6.55. The highest BCUT2D eigenvalue weighted by Crippen LogP contribution is 2.23. The molecule has 11 nitrogen and oxygen atoms in total. The minimum absolute atomic E-state index is 0.0984. The zero-order chi connectivity index (χ0) is 26.3. The van der Waals surface area contributed by atoms with Crippen LogP contribution in [0.2, 0.25) is 0 Å². The first kappa shape index (κ1) is 27.0. The van der Waals surface area contributed by atoms with Gasteiger partial charge in [0.25, 0.3) is 5.56 Å². The molecule has 194 valence electrons. The third-order valence-corrected chi connectivity index (χ3v) is 5.49. The number of carbonyl (C=O) groups excluding carboxylic acids is 1. The number of nitrogens with zero attached hydrogens (tertiary/aromatic N) is 5. The predicted octanol–water partition coefficient (Wildman–Crippen LogP) is 1.61. The average molecular weight is 499 g/mol. The van der Waals surface area contributed by atoms with E-state index in [0.717, 1.165) is 17.5 Å². The van der Waals surface area contributed by atoms with E-state index < -0.39 is 5.54 Å². The molecule has 0 fully saturated rings. The van der Waals surface area contributed by atoms with Crippen LogP contribution in [0, 0.1) is 0 Å². The lowest BCUT2D eigenvalue weighted by Gasteiger charge is -2.26. The van der Waals surface area contributed by atoms with Crippen LogP contribution in [0.4, 0.5) is 5.82 Å². The number of carbonyl (C=O) groups is 1. The number of nitrogens with one attached hydrogen (secondary N) is 1. The van der Waals surface area contributed by atoms with Gasteiger partial charge in [-0.15, -0.1) is 0 Å². The highest BCUT2D eigenvalue weighted by Gasteiger charge is 2.22. The monoisotopic (exact) mass is 498 g/mol. The number of methoxy groups -OCH3 is 1. The van der Waals surface area contributed by atoms with Crippen LogP contribution in [0.5, 0.6) is 5.88 Å². The summed E-state index contributed by atoms with van der Waals surface area (Å²) in [6.07, 6.45) is 4.22. The van der Waals surface area contributed by atoms with Crippen LogP contribution in [0.25, 0.3) is 22.3 Å². The maximum atomic E-state index is 13.5. The molecule has 0 saturated carbocycles. The maximum absolute atomic E-state index is 13.5. The Morgan fingerprint density at radius 2 is 1.94 bits per heavy atom. The van der Waals surface area contributed by atoms with Gasteiger partial charge in [0.1, 0.15) is 0 Å². The SMILES string of the molecule is CCCOCCn1c(=O)c(N(C)CC(=O)NC(C)(C)CO)nc2ncc(-c3ccc(OC)nc3)cc21. The summed E-state index contributed by atoms with van der Waals surface area (Å²) >= 11 is 0. The minimum Gasteiger partial charge on any atom is -0.481 e. The molecule has 0 radical (unpaired) electrons. The topological polar surface area (TPSA) is 132 Å². The molecule has 0 aliphatic heterocycles. The summed E-state index contributed by atoms with van der Waals surface area (Å²) in [5, 5.41) is 12.2. The molecule has 0 spiro atoms. The van der Waals surface area contributed by atoms with E-state index in [1.54, 1.807) is 51.0 Å². The minimum atomic E-state index is -0.778. The smallest absolute Gasteiger partial charge is 0.294 e. The Morgan fingerprint density at radius 1 is 1.19 bits per heavy atom. The van der Waals surface area contributed by atoms with Crippen molar-refractivity contribution in [1.82, 2.24) is 24.8 Å². The van der Waals surface area contributed by atoms with Gasteiger partial charge in [0.15, 0.2) is 11.5 Å². The highest BCUT2D eigenvalue weighted by molar-refractivity contribution is 5.83. The number of hydrogen-bond donors (Lipinski definition) is 2. The van der Waals surface area contributed by atoms with E-state index in [-0.39, 0.29) is 30.4 Å². The molecule has 3 heterocycles. The number of aliphatic hydroxyl groups excluding tert-OH is 1. The number of ether oxygens (including phenoxy) is 2. The number of fused-ring (bicyclic) bond motifs is 1. The molecule has 36 heavy (non-hydrogen) atoms. The van der Waals surface area contributed by atoms with Gasteiger partial charge < -0.3 is 24.8 Å². The first-order chi connectivity index (χ1) is 17.2. The van der Waals surface area contributed by atoms with Gasteiger partial charge in [-0.25, -0.2) is 15.0 Å². The molecule has 11 heteroatoms. The lowest BCUT2D eigenvalue weighted by Crippen LogP contribution is -2.50. The fourth-order valence-corrected chi connectivity index (χ4v) is 3.56. The van der Waals surface area contributed by atoms with Gasteiger partial charge in [-0.05, 0) is 32.4 Å². The van der Waals surface area contributed by atoms with Crippen molar-refractivity contribution in [3.05, 3.63) is 40.9 Å².